The van der Waals surface area contributed by atoms with Gasteiger partial charge in [0.2, 0.25) is 3.79 Å². The van der Waals surface area contributed by atoms with Crippen LogP contribution in [0.5, 0.6) is 0 Å². The van der Waals surface area contributed by atoms with E-state index in [-0.39, 0.29) is 5.82 Å². The molecule has 5 nitrogen and oxygen atoms in total. The highest BCUT2D eigenvalue weighted by Crippen LogP contribution is 2.35. The summed E-state index contributed by atoms with van der Waals surface area (Å²) in [5.74, 6) is -0.189. The summed E-state index contributed by atoms with van der Waals surface area (Å²) in [7, 11) is 0. The average molecular weight is 391 g/mol. The molecule has 0 N–H and O–H groups in total. The molecule has 1 aliphatic rings. The molecule has 0 fully saturated rings. The molecule has 0 aromatic carbocycles. The summed E-state index contributed by atoms with van der Waals surface area (Å²) >= 11 is 17.3. The van der Waals surface area contributed by atoms with Crippen LogP contribution in [-0.4, -0.2) is 34.0 Å². The Hall–Kier alpha value is -0.980. The van der Waals surface area contributed by atoms with E-state index < -0.39 is 9.58 Å². The number of nitrogens with zero attached hydrogens (tertiary/aromatic N) is 3. The van der Waals surface area contributed by atoms with E-state index in [1.807, 2.05) is 38.2 Å². The molecule has 0 aliphatic heterocycles. The zero-order valence-electron chi connectivity index (χ0n) is 13.4. The highest BCUT2D eigenvalue weighted by Gasteiger charge is 2.29. The number of alkyl halides is 3. The molecule has 0 bridgehead atoms. The van der Waals surface area contributed by atoms with Gasteiger partial charge in [-0.05, 0) is 31.6 Å². The molecular formula is C16H18Cl3N3O2. The van der Waals surface area contributed by atoms with E-state index in [4.69, 9.17) is 44.3 Å². The van der Waals surface area contributed by atoms with Crippen molar-refractivity contribution in [1.82, 2.24) is 15.0 Å². The standard InChI is InChI=1S/C16H18Cl3N3O2/c1-3-23-15(24-4-2)9-7-12(8-10-15)5-6-13-20-11-21-14(22-13)16(17,18)19/h5-9,11H,3-4,10H2,1-2H3. The fraction of sp³-hybridized carbons (Fsp3) is 0.438. The predicted octanol–water partition coefficient (Wildman–Crippen LogP) is 4.37. The minimum atomic E-state index is -1.68. The molecule has 0 amide bonds. The lowest BCUT2D eigenvalue weighted by Crippen LogP contribution is -2.34. The van der Waals surface area contributed by atoms with Crippen LogP contribution in [-0.2, 0) is 13.3 Å². The minimum Gasteiger partial charge on any atom is -0.346 e. The van der Waals surface area contributed by atoms with Gasteiger partial charge in [-0.25, -0.2) is 15.0 Å². The lowest BCUT2D eigenvalue weighted by molar-refractivity contribution is -0.197. The zero-order valence-corrected chi connectivity index (χ0v) is 15.6. The predicted molar refractivity (Wildman–Crippen MR) is 95.9 cm³/mol. The van der Waals surface area contributed by atoms with Crippen LogP contribution in [0.1, 0.15) is 31.9 Å². The van der Waals surface area contributed by atoms with Gasteiger partial charge in [-0.2, -0.15) is 0 Å². The second kappa shape index (κ2) is 8.41. The summed E-state index contributed by atoms with van der Waals surface area (Å²) < 4.78 is 9.76. The second-order valence-corrected chi connectivity index (χ2v) is 7.20. The maximum absolute atomic E-state index is 5.77. The van der Waals surface area contributed by atoms with Gasteiger partial charge in [0.15, 0.2) is 17.4 Å². The molecule has 1 heterocycles. The Labute approximate surface area is 156 Å². The Morgan fingerprint density at radius 1 is 1.17 bits per heavy atom. The van der Waals surface area contributed by atoms with E-state index in [2.05, 4.69) is 15.0 Å². The number of allylic oxidation sites excluding steroid dienone is 3. The molecule has 2 rings (SSSR count). The maximum atomic E-state index is 5.77. The molecule has 0 saturated heterocycles. The monoisotopic (exact) mass is 389 g/mol. The van der Waals surface area contributed by atoms with Crippen LogP contribution in [0.3, 0.4) is 0 Å². The van der Waals surface area contributed by atoms with Crippen LogP contribution >= 0.6 is 34.8 Å². The van der Waals surface area contributed by atoms with Crippen molar-refractivity contribution in [3.8, 4) is 0 Å². The largest absolute Gasteiger partial charge is 0.346 e. The van der Waals surface area contributed by atoms with Crippen LogP contribution in [0.15, 0.2) is 36.2 Å². The highest BCUT2D eigenvalue weighted by molar-refractivity contribution is 6.66. The molecule has 0 unspecified atom stereocenters. The van der Waals surface area contributed by atoms with Crippen LogP contribution < -0.4 is 0 Å². The molecule has 0 atom stereocenters. The number of hydrogen-bond acceptors (Lipinski definition) is 5. The summed E-state index contributed by atoms with van der Waals surface area (Å²) in [5.41, 5.74) is 0.987. The first kappa shape index (κ1) is 19.3. The molecule has 1 aliphatic carbocycles. The number of ether oxygens (including phenoxy) is 2. The summed E-state index contributed by atoms with van der Waals surface area (Å²) in [5, 5.41) is 0. The number of aromatic nitrogens is 3. The molecule has 0 saturated carbocycles. The van der Waals surface area contributed by atoms with Crippen LogP contribution in [0.25, 0.3) is 6.08 Å². The van der Waals surface area contributed by atoms with E-state index in [0.717, 1.165) is 5.57 Å². The van der Waals surface area contributed by atoms with Crippen molar-refractivity contribution in [2.45, 2.75) is 29.8 Å². The smallest absolute Gasteiger partial charge is 0.250 e. The second-order valence-electron chi connectivity index (χ2n) is 4.92. The van der Waals surface area contributed by atoms with Gasteiger partial charge in [0.25, 0.3) is 0 Å². The molecule has 130 valence electrons. The minimum absolute atomic E-state index is 0.0852. The molecule has 0 spiro atoms. The summed E-state index contributed by atoms with van der Waals surface area (Å²) in [6.45, 7) is 5.04. The van der Waals surface area contributed by atoms with Crippen molar-refractivity contribution < 1.29 is 9.47 Å². The van der Waals surface area contributed by atoms with E-state index in [1.165, 1.54) is 6.33 Å². The van der Waals surface area contributed by atoms with Crippen molar-refractivity contribution in [3.05, 3.63) is 47.9 Å². The molecule has 8 heteroatoms. The molecule has 24 heavy (non-hydrogen) atoms. The maximum Gasteiger partial charge on any atom is 0.250 e. The van der Waals surface area contributed by atoms with E-state index in [9.17, 15) is 0 Å². The highest BCUT2D eigenvalue weighted by atomic mass is 35.6. The summed E-state index contributed by atoms with van der Waals surface area (Å²) in [6.07, 6.45) is 11.4. The lowest BCUT2D eigenvalue weighted by Gasteiger charge is -2.31. The number of halogens is 3. The van der Waals surface area contributed by atoms with E-state index in [0.29, 0.717) is 25.5 Å². The van der Waals surface area contributed by atoms with Crippen LogP contribution in [0.2, 0.25) is 0 Å². The third-order valence-corrected chi connectivity index (χ3v) is 3.71. The fourth-order valence-corrected chi connectivity index (χ4v) is 2.46. The van der Waals surface area contributed by atoms with Gasteiger partial charge in [0.05, 0.1) is 0 Å². The van der Waals surface area contributed by atoms with E-state index in [1.54, 1.807) is 6.08 Å². The zero-order chi connectivity index (χ0) is 17.6. The topological polar surface area (TPSA) is 57.1 Å². The van der Waals surface area contributed by atoms with Gasteiger partial charge >= 0.3 is 0 Å². The van der Waals surface area contributed by atoms with Gasteiger partial charge in [0, 0.05) is 19.6 Å². The third kappa shape index (κ3) is 5.26. The van der Waals surface area contributed by atoms with Crippen molar-refractivity contribution >= 4 is 40.9 Å². The van der Waals surface area contributed by atoms with Gasteiger partial charge < -0.3 is 9.47 Å². The normalized spacial score (nSPS) is 17.3. The number of rotatable bonds is 6. The molecule has 1 aromatic rings. The van der Waals surface area contributed by atoms with Gasteiger partial charge in [-0.15, -0.1) is 0 Å². The van der Waals surface area contributed by atoms with Gasteiger partial charge in [-0.3, -0.25) is 0 Å². The first-order valence-electron chi connectivity index (χ1n) is 7.50. The van der Waals surface area contributed by atoms with Crippen molar-refractivity contribution in [2.75, 3.05) is 13.2 Å². The van der Waals surface area contributed by atoms with Gasteiger partial charge in [-0.1, -0.05) is 53.0 Å². The summed E-state index contributed by atoms with van der Waals surface area (Å²) in [6, 6.07) is 0. The fourth-order valence-electron chi connectivity index (χ4n) is 2.18. The van der Waals surface area contributed by atoms with Crippen molar-refractivity contribution in [1.29, 1.82) is 0 Å². The molecule has 0 radical (unpaired) electrons. The Kier molecular flexibility index (Phi) is 6.78. The summed E-state index contributed by atoms with van der Waals surface area (Å²) in [4.78, 5) is 12.0. The molecule has 1 aromatic heterocycles. The van der Waals surface area contributed by atoms with Crippen LogP contribution in [0, 0.1) is 0 Å². The Bertz CT molecular complexity index is 648. The van der Waals surface area contributed by atoms with Crippen molar-refractivity contribution in [3.63, 3.8) is 0 Å². The molecular weight excluding hydrogens is 373 g/mol. The first-order chi connectivity index (χ1) is 11.4. The van der Waals surface area contributed by atoms with Gasteiger partial charge in [0.1, 0.15) is 6.33 Å². The van der Waals surface area contributed by atoms with Crippen LogP contribution in [0.4, 0.5) is 0 Å². The van der Waals surface area contributed by atoms with E-state index >= 15 is 0 Å². The lowest BCUT2D eigenvalue weighted by atomic mass is 10.0. The third-order valence-electron chi connectivity index (χ3n) is 3.20. The Balaban J connectivity index is 2.09. The quantitative estimate of drug-likeness (QED) is 0.533. The Morgan fingerprint density at radius 2 is 1.88 bits per heavy atom. The first-order valence-corrected chi connectivity index (χ1v) is 8.63. The number of hydrogen-bond donors (Lipinski definition) is 0. The SMILES string of the molecule is CCOC1(OCC)C=CC(C=Cc2ncnc(C(Cl)(Cl)Cl)n2)=CC1. The Morgan fingerprint density at radius 3 is 2.42 bits per heavy atom. The van der Waals surface area contributed by atoms with Crippen molar-refractivity contribution in [2.24, 2.45) is 0 Å². The average Bonchev–Trinajstić information content (AvgIpc) is 2.54.